The van der Waals surface area contributed by atoms with Crippen molar-refractivity contribution < 1.29 is 4.79 Å². The second-order valence-electron chi connectivity index (χ2n) is 4.43. The van der Waals surface area contributed by atoms with E-state index in [0.717, 1.165) is 35.5 Å². The molecule has 1 saturated carbocycles. The zero-order valence-electron chi connectivity index (χ0n) is 9.48. The summed E-state index contributed by atoms with van der Waals surface area (Å²) in [4.78, 5) is 19.2. The van der Waals surface area contributed by atoms with Gasteiger partial charge in [0.1, 0.15) is 5.78 Å². The van der Waals surface area contributed by atoms with Gasteiger partial charge in [0.25, 0.3) is 0 Å². The van der Waals surface area contributed by atoms with Crippen LogP contribution in [0.1, 0.15) is 25.7 Å². The van der Waals surface area contributed by atoms with Gasteiger partial charge < -0.3 is 4.98 Å². The average molecular weight is 246 g/mol. The molecule has 1 unspecified atom stereocenters. The summed E-state index contributed by atoms with van der Waals surface area (Å²) < 4.78 is 0. The highest BCUT2D eigenvalue weighted by Gasteiger charge is 2.21. The van der Waals surface area contributed by atoms with Crippen molar-refractivity contribution >= 4 is 28.6 Å². The van der Waals surface area contributed by atoms with Crippen LogP contribution in [0.5, 0.6) is 0 Å². The van der Waals surface area contributed by atoms with Gasteiger partial charge >= 0.3 is 0 Å². The van der Waals surface area contributed by atoms with Crippen molar-refractivity contribution in [2.45, 2.75) is 36.1 Å². The highest BCUT2D eigenvalue weighted by molar-refractivity contribution is 7.99. The van der Waals surface area contributed by atoms with Gasteiger partial charge in [-0.15, -0.1) is 0 Å². The van der Waals surface area contributed by atoms with Crippen LogP contribution in [-0.2, 0) is 4.79 Å². The van der Waals surface area contributed by atoms with Gasteiger partial charge in [-0.3, -0.25) is 4.79 Å². The third kappa shape index (κ3) is 2.36. The predicted octanol–water partition coefficient (Wildman–Crippen LogP) is 3.17. The molecule has 0 aliphatic heterocycles. The minimum Gasteiger partial charge on any atom is -0.333 e. The summed E-state index contributed by atoms with van der Waals surface area (Å²) in [5.41, 5.74) is 2.06. The van der Waals surface area contributed by atoms with E-state index < -0.39 is 0 Å². The molecule has 0 radical (unpaired) electrons. The maximum Gasteiger partial charge on any atom is 0.166 e. The van der Waals surface area contributed by atoms with E-state index in [0.29, 0.717) is 17.5 Å². The van der Waals surface area contributed by atoms with E-state index in [1.54, 1.807) is 11.8 Å². The fourth-order valence-corrected chi connectivity index (χ4v) is 3.42. The molecule has 0 amide bonds. The molecule has 3 nitrogen and oxygen atoms in total. The topological polar surface area (TPSA) is 45.8 Å². The minimum atomic E-state index is 0.393. The average Bonchev–Trinajstić information content (AvgIpc) is 2.71. The SMILES string of the molecule is O=C1CCCC(Sc2nc3ccccc3[nH]2)C1. The molecule has 1 aliphatic carbocycles. The number of aromatic amines is 1. The molecule has 3 rings (SSSR count). The van der Waals surface area contributed by atoms with Crippen LogP contribution in [0.2, 0.25) is 0 Å². The molecule has 0 saturated heterocycles. The van der Waals surface area contributed by atoms with Crippen molar-refractivity contribution in [1.82, 2.24) is 9.97 Å². The smallest absolute Gasteiger partial charge is 0.166 e. The fourth-order valence-electron chi connectivity index (χ4n) is 2.23. The van der Waals surface area contributed by atoms with E-state index in [1.807, 2.05) is 24.3 Å². The number of carbonyl (C=O) groups excluding carboxylic acids is 1. The van der Waals surface area contributed by atoms with E-state index in [9.17, 15) is 4.79 Å². The Kier molecular flexibility index (Phi) is 2.89. The van der Waals surface area contributed by atoms with Crippen molar-refractivity contribution in [3.05, 3.63) is 24.3 Å². The molecule has 1 aromatic carbocycles. The van der Waals surface area contributed by atoms with Crippen LogP contribution >= 0.6 is 11.8 Å². The van der Waals surface area contributed by atoms with E-state index in [1.165, 1.54) is 0 Å². The lowest BCUT2D eigenvalue weighted by atomic mass is 9.99. The summed E-state index contributed by atoms with van der Waals surface area (Å²) in [6, 6.07) is 8.02. The first-order chi connectivity index (χ1) is 8.31. The Morgan fingerprint density at radius 3 is 3.06 bits per heavy atom. The largest absolute Gasteiger partial charge is 0.333 e. The maximum absolute atomic E-state index is 11.4. The number of Topliss-reactive ketones (excluding diaryl/α,β-unsaturated/α-hetero) is 1. The van der Waals surface area contributed by atoms with Crippen LogP contribution in [0.3, 0.4) is 0 Å². The number of rotatable bonds is 2. The van der Waals surface area contributed by atoms with Crippen LogP contribution in [-0.4, -0.2) is 21.0 Å². The molecule has 1 aliphatic rings. The summed E-state index contributed by atoms with van der Waals surface area (Å²) in [5.74, 6) is 0.393. The third-order valence-corrected chi connectivity index (χ3v) is 4.24. The first-order valence-electron chi connectivity index (χ1n) is 5.94. The standard InChI is InChI=1S/C13H14N2OS/c16-9-4-3-5-10(8-9)17-13-14-11-6-1-2-7-12(11)15-13/h1-2,6-7,10H,3-5,8H2,(H,14,15). The van der Waals surface area contributed by atoms with Crippen molar-refractivity contribution in [2.75, 3.05) is 0 Å². The number of nitrogens with zero attached hydrogens (tertiary/aromatic N) is 1. The molecule has 1 atom stereocenters. The van der Waals surface area contributed by atoms with Crippen LogP contribution in [0.15, 0.2) is 29.4 Å². The number of fused-ring (bicyclic) bond motifs is 1. The number of carbonyl (C=O) groups is 1. The highest BCUT2D eigenvalue weighted by atomic mass is 32.2. The maximum atomic E-state index is 11.4. The number of aromatic nitrogens is 2. The Labute approximate surface area is 104 Å². The lowest BCUT2D eigenvalue weighted by molar-refractivity contribution is -0.120. The van der Waals surface area contributed by atoms with Gasteiger partial charge in [-0.1, -0.05) is 23.9 Å². The summed E-state index contributed by atoms with van der Waals surface area (Å²) in [6.45, 7) is 0. The number of imidazole rings is 1. The van der Waals surface area contributed by atoms with Crippen LogP contribution in [0, 0.1) is 0 Å². The van der Waals surface area contributed by atoms with Crippen molar-refractivity contribution in [3.8, 4) is 0 Å². The molecule has 0 bridgehead atoms. The molecule has 1 aromatic heterocycles. The number of hydrogen-bond donors (Lipinski definition) is 1. The lowest BCUT2D eigenvalue weighted by Crippen LogP contribution is -2.16. The van der Waals surface area contributed by atoms with E-state index >= 15 is 0 Å². The molecule has 4 heteroatoms. The van der Waals surface area contributed by atoms with E-state index in [-0.39, 0.29) is 0 Å². The third-order valence-electron chi connectivity index (χ3n) is 3.08. The minimum absolute atomic E-state index is 0.393. The molecule has 2 aromatic rings. The molecule has 88 valence electrons. The number of H-pyrrole nitrogens is 1. The van der Waals surface area contributed by atoms with Crippen LogP contribution in [0.4, 0.5) is 0 Å². The van der Waals surface area contributed by atoms with Gasteiger partial charge in [-0.2, -0.15) is 0 Å². The van der Waals surface area contributed by atoms with Gasteiger partial charge in [0, 0.05) is 18.1 Å². The first-order valence-corrected chi connectivity index (χ1v) is 6.82. The Morgan fingerprint density at radius 2 is 2.24 bits per heavy atom. The van der Waals surface area contributed by atoms with Crippen molar-refractivity contribution in [1.29, 1.82) is 0 Å². The zero-order valence-corrected chi connectivity index (χ0v) is 10.3. The molecule has 17 heavy (non-hydrogen) atoms. The Bertz CT molecular complexity index is 516. The molecule has 0 spiro atoms. The quantitative estimate of drug-likeness (QED) is 0.885. The Morgan fingerprint density at radius 1 is 1.35 bits per heavy atom. The van der Waals surface area contributed by atoms with E-state index in [2.05, 4.69) is 9.97 Å². The van der Waals surface area contributed by atoms with E-state index in [4.69, 9.17) is 0 Å². The van der Waals surface area contributed by atoms with Crippen LogP contribution < -0.4 is 0 Å². The Balaban J connectivity index is 1.78. The predicted molar refractivity (Wildman–Crippen MR) is 69.2 cm³/mol. The monoisotopic (exact) mass is 246 g/mol. The lowest BCUT2D eigenvalue weighted by Gasteiger charge is -2.18. The van der Waals surface area contributed by atoms with Gasteiger partial charge in [0.2, 0.25) is 0 Å². The first kappa shape index (κ1) is 10.8. The summed E-state index contributed by atoms with van der Waals surface area (Å²) in [5, 5.41) is 1.34. The van der Waals surface area contributed by atoms with Crippen LogP contribution in [0.25, 0.3) is 11.0 Å². The summed E-state index contributed by atoms with van der Waals surface area (Å²) >= 11 is 1.71. The fraction of sp³-hybridized carbons (Fsp3) is 0.385. The van der Waals surface area contributed by atoms with Gasteiger partial charge in [-0.05, 0) is 25.0 Å². The van der Waals surface area contributed by atoms with Crippen molar-refractivity contribution in [2.24, 2.45) is 0 Å². The number of benzene rings is 1. The molecule has 1 heterocycles. The molecular formula is C13H14N2OS. The Hall–Kier alpha value is -1.29. The van der Waals surface area contributed by atoms with Gasteiger partial charge in [-0.25, -0.2) is 4.98 Å². The van der Waals surface area contributed by atoms with Gasteiger partial charge in [0.05, 0.1) is 11.0 Å². The van der Waals surface area contributed by atoms with Gasteiger partial charge in [0.15, 0.2) is 5.16 Å². The second-order valence-corrected chi connectivity index (χ2v) is 5.72. The highest BCUT2D eigenvalue weighted by Crippen LogP contribution is 2.31. The zero-order chi connectivity index (χ0) is 11.7. The normalized spacial score (nSPS) is 20.9. The molecular weight excluding hydrogens is 232 g/mol. The molecule has 1 fully saturated rings. The summed E-state index contributed by atoms with van der Waals surface area (Å²) in [7, 11) is 0. The second kappa shape index (κ2) is 4.53. The number of hydrogen-bond acceptors (Lipinski definition) is 3. The number of thioether (sulfide) groups is 1. The molecule has 1 N–H and O–H groups in total. The number of para-hydroxylation sites is 2. The number of nitrogens with one attached hydrogen (secondary N) is 1. The number of ketones is 1. The summed E-state index contributed by atoms with van der Waals surface area (Å²) in [6.07, 6.45) is 3.60. The van der Waals surface area contributed by atoms with Crippen molar-refractivity contribution in [3.63, 3.8) is 0 Å².